The largest absolute Gasteiger partial charge is 0.417 e. The van der Waals surface area contributed by atoms with E-state index in [1.807, 2.05) is 12.1 Å². The van der Waals surface area contributed by atoms with Crippen LogP contribution in [-0.2, 0) is 28.7 Å². The molecule has 1 aliphatic heterocycles. The summed E-state index contributed by atoms with van der Waals surface area (Å²) >= 11 is 5.56. The van der Waals surface area contributed by atoms with E-state index in [0.29, 0.717) is 18.7 Å². The highest BCUT2D eigenvalue weighted by molar-refractivity contribution is 6.40. The van der Waals surface area contributed by atoms with E-state index in [-0.39, 0.29) is 12.1 Å². The minimum Gasteiger partial charge on any atom is -0.344 e. The molecule has 0 spiro atoms. The van der Waals surface area contributed by atoms with Crippen LogP contribution in [0.4, 0.5) is 18.9 Å². The molecule has 2 amide bonds. The first-order chi connectivity index (χ1) is 12.3. The van der Waals surface area contributed by atoms with Crippen LogP contribution >= 0.6 is 11.6 Å². The molecule has 4 nitrogen and oxygen atoms in total. The van der Waals surface area contributed by atoms with E-state index in [4.69, 9.17) is 11.6 Å². The molecule has 0 atom stereocenters. The normalized spacial score (nSPS) is 13.5. The molecular formula is C18H14ClF3N2O2. The quantitative estimate of drug-likeness (QED) is 0.807. The molecule has 2 aromatic carbocycles. The lowest BCUT2D eigenvalue weighted by atomic mass is 10.1. The van der Waals surface area contributed by atoms with Gasteiger partial charge in [0.2, 0.25) is 0 Å². The Bertz CT molecular complexity index is 868. The number of nitrogens with one attached hydrogen (secondary N) is 1. The Morgan fingerprint density at radius 2 is 1.88 bits per heavy atom. The van der Waals surface area contributed by atoms with Crippen molar-refractivity contribution in [1.29, 1.82) is 0 Å². The van der Waals surface area contributed by atoms with Crippen molar-refractivity contribution in [3.05, 3.63) is 64.2 Å². The summed E-state index contributed by atoms with van der Waals surface area (Å²) in [4.78, 5) is 25.8. The van der Waals surface area contributed by atoms with Gasteiger partial charge in [0.05, 0.1) is 10.6 Å². The van der Waals surface area contributed by atoms with Gasteiger partial charge in [0, 0.05) is 18.8 Å². The van der Waals surface area contributed by atoms with Crippen molar-refractivity contribution in [2.45, 2.75) is 19.1 Å². The Hall–Kier alpha value is -2.54. The number of halogens is 4. The molecule has 0 aliphatic carbocycles. The summed E-state index contributed by atoms with van der Waals surface area (Å²) in [5.74, 6) is -1.61. The number of nitrogens with zero attached hydrogens (tertiary/aromatic N) is 1. The van der Waals surface area contributed by atoms with Gasteiger partial charge in [-0.05, 0) is 35.7 Å². The first-order valence-corrected chi connectivity index (χ1v) is 8.18. The molecule has 1 N–H and O–H groups in total. The lowest BCUT2D eigenvalue weighted by Gasteiger charge is -2.17. The number of hydrogen-bond acceptors (Lipinski definition) is 2. The zero-order chi connectivity index (χ0) is 18.9. The SMILES string of the molecule is O=C(NCc1ccc(Cl)c(C(F)(F)F)c1)C(=O)N1CCc2ccccc21. The fourth-order valence-corrected chi connectivity index (χ4v) is 3.05. The Kier molecular flexibility index (Phi) is 4.91. The van der Waals surface area contributed by atoms with Gasteiger partial charge in [-0.25, -0.2) is 0 Å². The number of alkyl halides is 3. The second-order valence-electron chi connectivity index (χ2n) is 5.83. The van der Waals surface area contributed by atoms with Gasteiger partial charge in [-0.1, -0.05) is 35.9 Å². The first kappa shape index (κ1) is 18.3. The third kappa shape index (κ3) is 3.67. The minimum absolute atomic E-state index is 0.199. The van der Waals surface area contributed by atoms with Crippen molar-refractivity contribution in [2.24, 2.45) is 0 Å². The second kappa shape index (κ2) is 6.99. The number of fused-ring (bicyclic) bond motifs is 1. The van der Waals surface area contributed by atoms with Crippen LogP contribution < -0.4 is 10.2 Å². The number of anilines is 1. The molecular weight excluding hydrogens is 369 g/mol. The molecule has 0 aromatic heterocycles. The highest BCUT2D eigenvalue weighted by Gasteiger charge is 2.33. The van der Waals surface area contributed by atoms with Gasteiger partial charge in [-0.3, -0.25) is 9.59 Å². The minimum atomic E-state index is -4.59. The number of carbonyl (C=O) groups excluding carboxylic acids is 2. The van der Waals surface area contributed by atoms with Crippen molar-refractivity contribution < 1.29 is 22.8 Å². The maximum Gasteiger partial charge on any atom is 0.417 e. The maximum absolute atomic E-state index is 12.9. The zero-order valence-electron chi connectivity index (χ0n) is 13.4. The number of rotatable bonds is 2. The van der Waals surface area contributed by atoms with Crippen LogP contribution in [0.3, 0.4) is 0 Å². The van der Waals surface area contributed by atoms with Crippen LogP contribution in [0.25, 0.3) is 0 Å². The second-order valence-corrected chi connectivity index (χ2v) is 6.24. The van der Waals surface area contributed by atoms with Gasteiger partial charge in [0.1, 0.15) is 0 Å². The Balaban J connectivity index is 1.67. The standard InChI is InChI=1S/C18H14ClF3N2O2/c19-14-6-5-11(9-13(14)18(20,21)22)10-23-16(25)17(26)24-8-7-12-3-1-2-4-15(12)24/h1-6,9H,7-8,10H2,(H,23,25). The molecule has 0 unspecified atom stereocenters. The van der Waals surface area contributed by atoms with E-state index in [2.05, 4.69) is 5.32 Å². The van der Waals surface area contributed by atoms with Crippen molar-refractivity contribution >= 4 is 29.1 Å². The molecule has 26 heavy (non-hydrogen) atoms. The molecule has 136 valence electrons. The van der Waals surface area contributed by atoms with E-state index in [1.54, 1.807) is 12.1 Å². The Morgan fingerprint density at radius 1 is 1.15 bits per heavy atom. The number of para-hydroxylation sites is 1. The summed E-state index contributed by atoms with van der Waals surface area (Å²) in [6.07, 6.45) is -3.94. The predicted molar refractivity (Wildman–Crippen MR) is 90.8 cm³/mol. The van der Waals surface area contributed by atoms with Crippen LogP contribution in [0.5, 0.6) is 0 Å². The van der Waals surface area contributed by atoms with Crippen molar-refractivity contribution in [3.63, 3.8) is 0 Å². The van der Waals surface area contributed by atoms with Crippen LogP contribution in [0.1, 0.15) is 16.7 Å². The number of amides is 2. The lowest BCUT2D eigenvalue weighted by molar-refractivity contribution is -0.137. The van der Waals surface area contributed by atoms with Gasteiger partial charge in [0.25, 0.3) is 0 Å². The molecule has 0 radical (unpaired) electrons. The highest BCUT2D eigenvalue weighted by Crippen LogP contribution is 2.35. The van der Waals surface area contributed by atoms with Gasteiger partial charge in [-0.15, -0.1) is 0 Å². The van der Waals surface area contributed by atoms with Crippen LogP contribution in [0, 0.1) is 0 Å². The monoisotopic (exact) mass is 382 g/mol. The summed E-state index contributed by atoms with van der Waals surface area (Å²) in [6.45, 7) is 0.186. The maximum atomic E-state index is 12.9. The van der Waals surface area contributed by atoms with E-state index in [9.17, 15) is 22.8 Å². The summed E-state index contributed by atoms with van der Waals surface area (Å²) in [6, 6.07) is 10.6. The van der Waals surface area contributed by atoms with E-state index in [1.165, 1.54) is 11.0 Å². The lowest BCUT2D eigenvalue weighted by Crippen LogP contribution is -2.42. The smallest absolute Gasteiger partial charge is 0.344 e. The van der Waals surface area contributed by atoms with Gasteiger partial charge >= 0.3 is 18.0 Å². The fourth-order valence-electron chi connectivity index (χ4n) is 2.83. The molecule has 0 saturated carbocycles. The van der Waals surface area contributed by atoms with Gasteiger partial charge in [-0.2, -0.15) is 13.2 Å². The van der Waals surface area contributed by atoms with Crippen LogP contribution in [-0.4, -0.2) is 18.4 Å². The first-order valence-electron chi connectivity index (χ1n) is 7.80. The van der Waals surface area contributed by atoms with Crippen molar-refractivity contribution in [2.75, 3.05) is 11.4 Å². The molecule has 2 aromatic rings. The fraction of sp³-hybridized carbons (Fsp3) is 0.222. The van der Waals surface area contributed by atoms with E-state index in [0.717, 1.165) is 17.7 Å². The Morgan fingerprint density at radius 3 is 2.62 bits per heavy atom. The molecule has 8 heteroatoms. The summed E-state index contributed by atoms with van der Waals surface area (Å²) in [5.41, 5.74) is 0.870. The molecule has 1 heterocycles. The number of hydrogen-bond donors (Lipinski definition) is 1. The molecule has 0 bridgehead atoms. The number of benzene rings is 2. The highest BCUT2D eigenvalue weighted by atomic mass is 35.5. The Labute approximate surface area is 152 Å². The van der Waals surface area contributed by atoms with Gasteiger partial charge in [0.15, 0.2) is 0 Å². The third-order valence-corrected chi connectivity index (χ3v) is 4.45. The van der Waals surface area contributed by atoms with E-state index < -0.39 is 28.6 Å². The van der Waals surface area contributed by atoms with Crippen molar-refractivity contribution in [1.82, 2.24) is 5.32 Å². The van der Waals surface area contributed by atoms with Crippen molar-refractivity contribution in [3.8, 4) is 0 Å². The zero-order valence-corrected chi connectivity index (χ0v) is 14.2. The summed E-state index contributed by atoms with van der Waals surface area (Å²) < 4.78 is 38.6. The molecule has 1 aliphatic rings. The third-order valence-electron chi connectivity index (χ3n) is 4.12. The molecule has 3 rings (SSSR count). The average Bonchev–Trinajstić information content (AvgIpc) is 3.03. The topological polar surface area (TPSA) is 49.4 Å². The molecule has 0 fully saturated rings. The van der Waals surface area contributed by atoms with Crippen LogP contribution in [0.15, 0.2) is 42.5 Å². The van der Waals surface area contributed by atoms with Gasteiger partial charge < -0.3 is 10.2 Å². The predicted octanol–water partition coefficient (Wildman–Crippen LogP) is 3.56. The summed E-state index contributed by atoms with van der Waals surface area (Å²) in [7, 11) is 0. The number of carbonyl (C=O) groups is 2. The van der Waals surface area contributed by atoms with E-state index >= 15 is 0 Å². The average molecular weight is 383 g/mol. The van der Waals surface area contributed by atoms with Crippen LogP contribution in [0.2, 0.25) is 5.02 Å². The molecule has 0 saturated heterocycles. The summed E-state index contributed by atoms with van der Waals surface area (Å²) in [5, 5.41) is 1.94.